The van der Waals surface area contributed by atoms with Gasteiger partial charge in [0, 0.05) is 5.41 Å². The second-order valence-electron chi connectivity index (χ2n) is 5.11. The van der Waals surface area contributed by atoms with Gasteiger partial charge in [-0.2, -0.15) is 0 Å². The van der Waals surface area contributed by atoms with E-state index in [2.05, 4.69) is 5.32 Å². The molecule has 1 aromatic rings. The van der Waals surface area contributed by atoms with Crippen LogP contribution >= 0.6 is 0 Å². The summed E-state index contributed by atoms with van der Waals surface area (Å²) in [6, 6.07) is 9.48. The fourth-order valence-corrected chi connectivity index (χ4v) is 1.29. The summed E-state index contributed by atoms with van der Waals surface area (Å²) in [5.41, 5.74) is 0.549. The fourth-order valence-electron chi connectivity index (χ4n) is 1.29. The van der Waals surface area contributed by atoms with Gasteiger partial charge in [0.25, 0.3) is 0 Å². The molecule has 0 aromatic heterocycles. The predicted octanol–water partition coefficient (Wildman–Crippen LogP) is 1.96. The number of hydrogen-bond donors (Lipinski definition) is 1. The van der Waals surface area contributed by atoms with Crippen LogP contribution in [0.5, 0.6) is 0 Å². The molecule has 0 spiro atoms. The van der Waals surface area contributed by atoms with E-state index in [0.717, 1.165) is 5.56 Å². The smallest absolute Gasteiger partial charge is 0.224 e. The van der Waals surface area contributed by atoms with Crippen molar-refractivity contribution < 1.29 is 9.59 Å². The molecule has 0 atom stereocenters. The highest BCUT2D eigenvalue weighted by Gasteiger charge is 2.21. The van der Waals surface area contributed by atoms with Gasteiger partial charge in [-0.15, -0.1) is 0 Å². The number of carbonyl (C=O) groups excluding carboxylic acids is 2. The van der Waals surface area contributed by atoms with Crippen molar-refractivity contribution in [1.29, 1.82) is 0 Å². The van der Waals surface area contributed by atoms with Gasteiger partial charge in [0.05, 0.1) is 13.0 Å². The number of benzene rings is 1. The average molecular weight is 233 g/mol. The van der Waals surface area contributed by atoms with Crippen molar-refractivity contribution in [2.75, 3.05) is 6.54 Å². The van der Waals surface area contributed by atoms with E-state index in [1.54, 1.807) is 0 Å². The first-order chi connectivity index (χ1) is 7.89. The Bertz CT molecular complexity index is 390. The molecule has 0 heterocycles. The zero-order valence-corrected chi connectivity index (χ0v) is 10.6. The lowest BCUT2D eigenvalue weighted by Gasteiger charge is -2.16. The molecule has 1 aromatic carbocycles. The predicted molar refractivity (Wildman–Crippen MR) is 67.6 cm³/mol. The molecule has 0 radical (unpaired) electrons. The lowest BCUT2D eigenvalue weighted by atomic mass is 9.91. The summed E-state index contributed by atoms with van der Waals surface area (Å²) in [5, 5.41) is 2.65. The van der Waals surface area contributed by atoms with Gasteiger partial charge < -0.3 is 5.32 Å². The van der Waals surface area contributed by atoms with E-state index in [9.17, 15) is 9.59 Å². The van der Waals surface area contributed by atoms with Crippen LogP contribution in [0.1, 0.15) is 26.3 Å². The molecular formula is C14H19NO2. The van der Waals surface area contributed by atoms with Crippen molar-refractivity contribution in [1.82, 2.24) is 5.32 Å². The van der Waals surface area contributed by atoms with Gasteiger partial charge in [0.2, 0.25) is 5.91 Å². The van der Waals surface area contributed by atoms with Gasteiger partial charge in [-0.1, -0.05) is 51.1 Å². The Hall–Kier alpha value is -1.64. The van der Waals surface area contributed by atoms with Crippen LogP contribution in [0, 0.1) is 5.41 Å². The van der Waals surface area contributed by atoms with E-state index in [1.807, 2.05) is 51.1 Å². The molecule has 0 aliphatic carbocycles. The lowest BCUT2D eigenvalue weighted by Crippen LogP contribution is -2.36. The number of amides is 1. The van der Waals surface area contributed by atoms with Crippen LogP contribution < -0.4 is 5.32 Å². The lowest BCUT2D eigenvalue weighted by molar-refractivity contribution is -0.128. The van der Waals surface area contributed by atoms with Crippen LogP contribution in [0.3, 0.4) is 0 Å². The fraction of sp³-hybridized carbons (Fsp3) is 0.429. The Labute approximate surface area is 102 Å². The maximum atomic E-state index is 11.6. The average Bonchev–Trinajstić information content (AvgIpc) is 2.26. The first kappa shape index (κ1) is 13.4. The van der Waals surface area contributed by atoms with E-state index in [1.165, 1.54) is 0 Å². The van der Waals surface area contributed by atoms with Crippen LogP contribution in [0.25, 0.3) is 0 Å². The van der Waals surface area contributed by atoms with Crippen molar-refractivity contribution in [2.24, 2.45) is 5.41 Å². The van der Waals surface area contributed by atoms with Crippen LogP contribution in [0.2, 0.25) is 0 Å². The molecule has 1 N–H and O–H groups in total. The Balaban J connectivity index is 2.39. The summed E-state index contributed by atoms with van der Waals surface area (Å²) >= 11 is 0. The van der Waals surface area contributed by atoms with Crippen molar-refractivity contribution >= 4 is 11.7 Å². The molecule has 1 rings (SSSR count). The van der Waals surface area contributed by atoms with E-state index < -0.39 is 5.41 Å². The molecule has 0 fully saturated rings. The highest BCUT2D eigenvalue weighted by atomic mass is 16.2. The second-order valence-corrected chi connectivity index (χ2v) is 5.11. The molecular weight excluding hydrogens is 214 g/mol. The number of carbonyl (C=O) groups is 2. The largest absolute Gasteiger partial charge is 0.349 e. The van der Waals surface area contributed by atoms with Crippen molar-refractivity contribution in [3.05, 3.63) is 35.9 Å². The summed E-state index contributed by atoms with van der Waals surface area (Å²) in [6.07, 6.45) is 0.318. The molecule has 17 heavy (non-hydrogen) atoms. The van der Waals surface area contributed by atoms with Gasteiger partial charge >= 0.3 is 0 Å². The van der Waals surface area contributed by atoms with Crippen LogP contribution in [-0.4, -0.2) is 18.2 Å². The van der Waals surface area contributed by atoms with Crippen molar-refractivity contribution in [2.45, 2.75) is 27.2 Å². The van der Waals surface area contributed by atoms with E-state index in [0.29, 0.717) is 6.42 Å². The Kier molecular flexibility index (Phi) is 4.44. The first-order valence-corrected chi connectivity index (χ1v) is 5.73. The Morgan fingerprint density at radius 2 is 1.71 bits per heavy atom. The van der Waals surface area contributed by atoms with Crippen molar-refractivity contribution in [3.8, 4) is 0 Å². The van der Waals surface area contributed by atoms with E-state index in [-0.39, 0.29) is 18.2 Å². The summed E-state index contributed by atoms with van der Waals surface area (Å²) in [4.78, 5) is 23.2. The minimum absolute atomic E-state index is 0.0407. The monoisotopic (exact) mass is 233 g/mol. The topological polar surface area (TPSA) is 46.2 Å². The maximum Gasteiger partial charge on any atom is 0.224 e. The molecule has 0 aliphatic rings. The number of Topliss-reactive ketones (excluding diaryl/α,β-unsaturated/α-hetero) is 1. The third-order valence-corrected chi connectivity index (χ3v) is 2.49. The van der Waals surface area contributed by atoms with E-state index in [4.69, 9.17) is 0 Å². The van der Waals surface area contributed by atoms with Gasteiger partial charge in [0.15, 0.2) is 5.78 Å². The standard InChI is InChI=1S/C14H19NO2/c1-14(2,3)12(16)10-15-13(17)9-11-7-5-4-6-8-11/h4-8H,9-10H2,1-3H3,(H,15,17). The molecule has 0 unspecified atom stereocenters. The molecule has 3 nitrogen and oxygen atoms in total. The van der Waals surface area contributed by atoms with Crippen LogP contribution in [0.15, 0.2) is 30.3 Å². The molecule has 0 saturated carbocycles. The Morgan fingerprint density at radius 3 is 2.24 bits per heavy atom. The minimum Gasteiger partial charge on any atom is -0.349 e. The SMILES string of the molecule is CC(C)(C)C(=O)CNC(=O)Cc1ccccc1. The highest BCUT2D eigenvalue weighted by Crippen LogP contribution is 2.13. The third-order valence-electron chi connectivity index (χ3n) is 2.49. The zero-order chi connectivity index (χ0) is 12.9. The molecule has 0 aliphatic heterocycles. The summed E-state index contributed by atoms with van der Waals surface area (Å²) in [7, 11) is 0. The van der Waals surface area contributed by atoms with Gasteiger partial charge in [0.1, 0.15) is 0 Å². The maximum absolute atomic E-state index is 11.6. The first-order valence-electron chi connectivity index (χ1n) is 5.73. The minimum atomic E-state index is -0.403. The summed E-state index contributed by atoms with van der Waals surface area (Å²) in [6.45, 7) is 5.64. The summed E-state index contributed by atoms with van der Waals surface area (Å²) in [5.74, 6) is -0.0762. The molecule has 0 saturated heterocycles. The van der Waals surface area contributed by atoms with Gasteiger partial charge in [-0.05, 0) is 5.56 Å². The van der Waals surface area contributed by atoms with Gasteiger partial charge in [-0.3, -0.25) is 9.59 Å². The molecule has 1 amide bonds. The zero-order valence-electron chi connectivity index (χ0n) is 10.6. The number of rotatable bonds is 4. The number of hydrogen-bond acceptors (Lipinski definition) is 2. The number of ketones is 1. The van der Waals surface area contributed by atoms with Crippen molar-refractivity contribution in [3.63, 3.8) is 0 Å². The van der Waals surface area contributed by atoms with Gasteiger partial charge in [-0.25, -0.2) is 0 Å². The quantitative estimate of drug-likeness (QED) is 0.864. The Morgan fingerprint density at radius 1 is 1.12 bits per heavy atom. The highest BCUT2D eigenvalue weighted by molar-refractivity contribution is 5.89. The molecule has 92 valence electrons. The second kappa shape index (κ2) is 5.62. The van der Waals surface area contributed by atoms with Crippen LogP contribution in [0.4, 0.5) is 0 Å². The molecule has 0 bridgehead atoms. The van der Waals surface area contributed by atoms with E-state index >= 15 is 0 Å². The third kappa shape index (κ3) is 4.81. The normalized spacial score (nSPS) is 11.0. The molecule has 3 heteroatoms. The van der Waals surface area contributed by atoms with Crippen LogP contribution in [-0.2, 0) is 16.0 Å². The number of nitrogens with one attached hydrogen (secondary N) is 1. The summed E-state index contributed by atoms with van der Waals surface area (Å²) < 4.78 is 0.